The minimum Gasteiger partial charge on any atom is -0.309 e. The van der Waals surface area contributed by atoms with Crippen molar-refractivity contribution < 1.29 is 0 Å². The van der Waals surface area contributed by atoms with Crippen molar-refractivity contribution in [3.63, 3.8) is 0 Å². The van der Waals surface area contributed by atoms with E-state index in [9.17, 15) is 0 Å². The number of hydrogen-bond acceptors (Lipinski definition) is 3. The van der Waals surface area contributed by atoms with Crippen LogP contribution in [0.4, 0.5) is 0 Å². The molecule has 0 spiro atoms. The number of nitrogens with one attached hydrogen (secondary N) is 1. The highest BCUT2D eigenvalue weighted by Crippen LogP contribution is 2.18. The normalized spacial score (nSPS) is 22.9. The molecule has 2 unspecified atom stereocenters. The van der Waals surface area contributed by atoms with Crippen LogP contribution in [0.3, 0.4) is 0 Å². The van der Waals surface area contributed by atoms with Crippen molar-refractivity contribution in [3.05, 3.63) is 35.9 Å². The first-order valence-electron chi connectivity index (χ1n) is 7.29. The quantitative estimate of drug-likeness (QED) is 0.891. The van der Waals surface area contributed by atoms with E-state index in [2.05, 4.69) is 53.7 Å². The highest BCUT2D eigenvalue weighted by molar-refractivity contribution is 7.98. The largest absolute Gasteiger partial charge is 0.309 e. The lowest BCUT2D eigenvalue weighted by molar-refractivity contribution is 0.242. The Labute approximate surface area is 122 Å². The maximum absolute atomic E-state index is 3.69. The van der Waals surface area contributed by atoms with Crippen molar-refractivity contribution >= 4 is 11.8 Å². The third-order valence-electron chi connectivity index (χ3n) is 3.71. The number of nitrogens with zero attached hydrogens (tertiary/aromatic N) is 1. The van der Waals surface area contributed by atoms with E-state index in [0.717, 1.165) is 19.0 Å². The van der Waals surface area contributed by atoms with Crippen LogP contribution in [-0.4, -0.2) is 43.1 Å². The molecule has 106 valence electrons. The van der Waals surface area contributed by atoms with Crippen LogP contribution < -0.4 is 5.32 Å². The third kappa shape index (κ3) is 4.83. The van der Waals surface area contributed by atoms with Crippen LogP contribution in [0.1, 0.15) is 24.9 Å². The van der Waals surface area contributed by atoms with Gasteiger partial charge in [-0.3, -0.25) is 0 Å². The third-order valence-corrected chi connectivity index (χ3v) is 4.61. The van der Waals surface area contributed by atoms with Crippen LogP contribution in [0.2, 0.25) is 0 Å². The number of benzene rings is 1. The highest BCUT2D eigenvalue weighted by atomic mass is 32.2. The van der Waals surface area contributed by atoms with Crippen LogP contribution in [-0.2, 0) is 0 Å². The predicted octanol–water partition coefficient (Wildman–Crippen LogP) is 3.02. The summed E-state index contributed by atoms with van der Waals surface area (Å²) >= 11 is 1.96. The van der Waals surface area contributed by atoms with E-state index in [1.165, 1.54) is 30.8 Å². The summed E-state index contributed by atoms with van der Waals surface area (Å²) in [4.78, 5) is 2.64. The monoisotopic (exact) mass is 278 g/mol. The summed E-state index contributed by atoms with van der Waals surface area (Å²) < 4.78 is 0. The summed E-state index contributed by atoms with van der Waals surface area (Å²) in [5, 5.41) is 3.69. The van der Waals surface area contributed by atoms with Gasteiger partial charge in [-0.25, -0.2) is 0 Å². The van der Waals surface area contributed by atoms with Crippen molar-refractivity contribution in [1.82, 2.24) is 10.2 Å². The second-order valence-electron chi connectivity index (χ2n) is 5.59. The molecule has 1 aromatic rings. The smallest absolute Gasteiger partial charge is 0.0449 e. The molecule has 1 aliphatic rings. The summed E-state index contributed by atoms with van der Waals surface area (Å²) in [5.74, 6) is 2.05. The van der Waals surface area contributed by atoms with Crippen LogP contribution in [0.25, 0.3) is 0 Å². The maximum atomic E-state index is 3.69. The second kappa shape index (κ2) is 7.93. The molecular weight excluding hydrogens is 252 g/mol. The molecule has 1 aromatic carbocycles. The van der Waals surface area contributed by atoms with E-state index in [0.29, 0.717) is 6.04 Å². The molecule has 0 amide bonds. The molecule has 2 rings (SSSR count). The highest BCUT2D eigenvalue weighted by Gasteiger charge is 2.20. The fourth-order valence-corrected chi connectivity index (χ4v) is 3.52. The first-order valence-corrected chi connectivity index (χ1v) is 8.68. The number of rotatable bonds is 5. The summed E-state index contributed by atoms with van der Waals surface area (Å²) in [7, 11) is 0. The first kappa shape index (κ1) is 14.9. The zero-order valence-corrected chi connectivity index (χ0v) is 13.0. The zero-order chi connectivity index (χ0) is 13.5. The van der Waals surface area contributed by atoms with Gasteiger partial charge >= 0.3 is 0 Å². The van der Waals surface area contributed by atoms with E-state index in [1.54, 1.807) is 0 Å². The van der Waals surface area contributed by atoms with Gasteiger partial charge in [-0.2, -0.15) is 11.8 Å². The summed E-state index contributed by atoms with van der Waals surface area (Å²) in [5.41, 5.74) is 1.42. The van der Waals surface area contributed by atoms with Gasteiger partial charge in [0.05, 0.1) is 0 Å². The lowest BCUT2D eigenvalue weighted by Gasteiger charge is -2.27. The van der Waals surface area contributed by atoms with Crippen LogP contribution >= 0.6 is 11.8 Å². The summed E-state index contributed by atoms with van der Waals surface area (Å²) in [6.45, 7) is 7.10. The molecule has 2 nitrogen and oxygen atoms in total. The average molecular weight is 278 g/mol. The van der Waals surface area contributed by atoms with E-state index < -0.39 is 0 Å². The SMILES string of the molecule is CSCC(C)CN1CCCNC(c2ccccc2)C1. The molecule has 19 heavy (non-hydrogen) atoms. The Morgan fingerprint density at radius 1 is 1.37 bits per heavy atom. The van der Waals surface area contributed by atoms with Crippen molar-refractivity contribution in [2.24, 2.45) is 5.92 Å². The Balaban J connectivity index is 1.95. The first-order chi connectivity index (χ1) is 9.29. The van der Waals surface area contributed by atoms with E-state index in [4.69, 9.17) is 0 Å². The lowest BCUT2D eigenvalue weighted by atomic mass is 10.1. The maximum Gasteiger partial charge on any atom is 0.0449 e. The minimum absolute atomic E-state index is 0.491. The topological polar surface area (TPSA) is 15.3 Å². The fraction of sp³-hybridized carbons (Fsp3) is 0.625. The molecule has 1 heterocycles. The van der Waals surface area contributed by atoms with Gasteiger partial charge in [0.15, 0.2) is 0 Å². The Bertz CT molecular complexity index is 355. The van der Waals surface area contributed by atoms with E-state index in [-0.39, 0.29) is 0 Å². The van der Waals surface area contributed by atoms with Crippen LogP contribution in [0.15, 0.2) is 30.3 Å². The molecule has 2 atom stereocenters. The van der Waals surface area contributed by atoms with Gasteiger partial charge in [0.25, 0.3) is 0 Å². The van der Waals surface area contributed by atoms with Gasteiger partial charge in [-0.15, -0.1) is 0 Å². The van der Waals surface area contributed by atoms with Crippen LogP contribution in [0, 0.1) is 5.92 Å². The molecule has 0 aromatic heterocycles. The van der Waals surface area contributed by atoms with Crippen molar-refractivity contribution in [2.75, 3.05) is 38.2 Å². The van der Waals surface area contributed by atoms with Gasteiger partial charge < -0.3 is 10.2 Å². The molecule has 1 N–H and O–H groups in total. The Morgan fingerprint density at radius 3 is 2.89 bits per heavy atom. The van der Waals surface area contributed by atoms with Crippen molar-refractivity contribution in [1.29, 1.82) is 0 Å². The van der Waals surface area contributed by atoms with Gasteiger partial charge in [0, 0.05) is 19.1 Å². The Hall–Kier alpha value is -0.510. The molecule has 0 bridgehead atoms. The summed E-state index contributed by atoms with van der Waals surface area (Å²) in [6.07, 6.45) is 3.46. The standard InChI is InChI=1S/C16H26N2S/c1-14(13-19-2)11-18-10-6-9-17-16(12-18)15-7-4-3-5-8-15/h3-5,7-8,14,16-17H,6,9-13H2,1-2H3. The molecule has 1 aliphatic heterocycles. The molecule has 0 saturated carbocycles. The molecule has 0 radical (unpaired) electrons. The number of hydrogen-bond donors (Lipinski definition) is 1. The van der Waals surface area contributed by atoms with Gasteiger partial charge in [-0.05, 0) is 43.0 Å². The predicted molar refractivity (Wildman–Crippen MR) is 85.8 cm³/mol. The Kier molecular flexibility index (Phi) is 6.21. The minimum atomic E-state index is 0.491. The van der Waals surface area contributed by atoms with Crippen LogP contribution in [0.5, 0.6) is 0 Å². The van der Waals surface area contributed by atoms with Gasteiger partial charge in [0.2, 0.25) is 0 Å². The van der Waals surface area contributed by atoms with Gasteiger partial charge in [-0.1, -0.05) is 37.3 Å². The Morgan fingerprint density at radius 2 is 2.16 bits per heavy atom. The number of thioether (sulfide) groups is 1. The molecule has 0 aliphatic carbocycles. The average Bonchev–Trinajstić information content (AvgIpc) is 2.65. The molecule has 3 heteroatoms. The molecular formula is C16H26N2S. The fourth-order valence-electron chi connectivity index (χ4n) is 2.85. The van der Waals surface area contributed by atoms with Crippen molar-refractivity contribution in [2.45, 2.75) is 19.4 Å². The summed E-state index contributed by atoms with van der Waals surface area (Å²) in [6, 6.07) is 11.4. The molecule has 1 fully saturated rings. The van der Waals surface area contributed by atoms with Gasteiger partial charge in [0.1, 0.15) is 0 Å². The molecule has 1 saturated heterocycles. The van der Waals surface area contributed by atoms with Crippen molar-refractivity contribution in [3.8, 4) is 0 Å². The van der Waals surface area contributed by atoms with E-state index >= 15 is 0 Å². The lowest BCUT2D eigenvalue weighted by Crippen LogP contribution is -2.34. The zero-order valence-electron chi connectivity index (χ0n) is 12.1. The second-order valence-corrected chi connectivity index (χ2v) is 6.50. The van der Waals surface area contributed by atoms with E-state index in [1.807, 2.05) is 11.8 Å².